The zero-order chi connectivity index (χ0) is 13.7. The maximum Gasteiger partial charge on any atom is 0.172 e. The highest BCUT2D eigenvalue weighted by Gasteiger charge is 2.12. The van der Waals surface area contributed by atoms with Crippen LogP contribution in [-0.2, 0) is 13.1 Å². The molecule has 2 aromatic heterocycles. The first-order valence-electron chi connectivity index (χ1n) is 6.65. The van der Waals surface area contributed by atoms with Gasteiger partial charge >= 0.3 is 0 Å². The summed E-state index contributed by atoms with van der Waals surface area (Å²) in [5.74, 6) is 0.780. The molecule has 0 aliphatic carbocycles. The Bertz CT molecular complexity index is 502. The number of hydrogen-bond donors (Lipinski definition) is 1. The molecule has 8 heteroatoms. The molecule has 2 heterocycles. The van der Waals surface area contributed by atoms with Gasteiger partial charge in [0.1, 0.15) is 6.54 Å². The molecule has 104 valence electrons. The summed E-state index contributed by atoms with van der Waals surface area (Å²) in [5.41, 5.74) is 6.82. The van der Waals surface area contributed by atoms with Crippen LogP contribution in [0.1, 0.15) is 50.7 Å². The molecule has 0 bridgehead atoms. The van der Waals surface area contributed by atoms with Crippen molar-refractivity contribution >= 4 is 0 Å². The average Bonchev–Trinajstić information content (AvgIpc) is 3.01. The van der Waals surface area contributed by atoms with E-state index in [4.69, 9.17) is 5.73 Å². The largest absolute Gasteiger partial charge is 0.323 e. The third-order valence-corrected chi connectivity index (χ3v) is 2.88. The van der Waals surface area contributed by atoms with Crippen LogP contribution >= 0.6 is 0 Å². The zero-order valence-electron chi connectivity index (χ0n) is 11.4. The lowest BCUT2D eigenvalue weighted by Crippen LogP contribution is -2.11. The molecule has 2 rings (SSSR count). The summed E-state index contributed by atoms with van der Waals surface area (Å²) in [6.45, 7) is 5.50. The number of rotatable bonds is 7. The lowest BCUT2D eigenvalue weighted by atomic mass is 10.1. The van der Waals surface area contributed by atoms with E-state index in [1.54, 1.807) is 9.36 Å². The van der Waals surface area contributed by atoms with Crippen LogP contribution in [-0.4, -0.2) is 35.2 Å². The third kappa shape index (κ3) is 3.34. The Morgan fingerprint density at radius 2 is 2.05 bits per heavy atom. The quantitative estimate of drug-likeness (QED) is 0.782. The molecule has 0 radical (unpaired) electrons. The minimum absolute atomic E-state index is 0.0506. The molecule has 1 atom stereocenters. The SMILES string of the molecule is CCCC(N)c1cn(Cc2nnnn2CCC)nn1. The molecular weight excluding hydrogens is 244 g/mol. The maximum atomic E-state index is 6.01. The minimum Gasteiger partial charge on any atom is -0.323 e. The van der Waals surface area contributed by atoms with E-state index in [2.05, 4.69) is 39.7 Å². The molecule has 2 N–H and O–H groups in total. The number of tetrazole rings is 1. The van der Waals surface area contributed by atoms with Gasteiger partial charge in [0.05, 0.1) is 17.9 Å². The molecule has 19 heavy (non-hydrogen) atoms. The maximum absolute atomic E-state index is 6.01. The van der Waals surface area contributed by atoms with Crippen molar-refractivity contribution in [1.82, 2.24) is 35.2 Å². The van der Waals surface area contributed by atoms with Crippen LogP contribution < -0.4 is 5.73 Å². The standard InChI is InChI=1S/C11H20N8/c1-3-5-9(12)10-7-18(16-13-10)8-11-14-15-17-19(11)6-4-2/h7,9H,3-6,8,12H2,1-2H3. The Balaban J connectivity index is 2.05. The van der Waals surface area contributed by atoms with Gasteiger partial charge in [-0.05, 0) is 23.3 Å². The number of hydrogen-bond acceptors (Lipinski definition) is 6. The van der Waals surface area contributed by atoms with Gasteiger partial charge in [-0.2, -0.15) is 0 Å². The summed E-state index contributed by atoms with van der Waals surface area (Å²) in [4.78, 5) is 0. The molecule has 8 nitrogen and oxygen atoms in total. The molecule has 2 aromatic rings. The van der Waals surface area contributed by atoms with Crippen LogP contribution in [0.15, 0.2) is 6.20 Å². The molecule has 0 saturated heterocycles. The van der Waals surface area contributed by atoms with E-state index < -0.39 is 0 Å². The van der Waals surface area contributed by atoms with Crippen molar-refractivity contribution in [2.75, 3.05) is 0 Å². The normalized spacial score (nSPS) is 12.8. The molecule has 0 aliphatic heterocycles. The number of nitrogens with zero attached hydrogens (tertiary/aromatic N) is 7. The number of nitrogens with two attached hydrogens (primary N) is 1. The second kappa shape index (κ2) is 6.37. The second-order valence-corrected chi connectivity index (χ2v) is 4.55. The molecule has 1 unspecified atom stereocenters. The first kappa shape index (κ1) is 13.6. The van der Waals surface area contributed by atoms with Crippen LogP contribution in [0.5, 0.6) is 0 Å². The molecule has 0 aromatic carbocycles. The van der Waals surface area contributed by atoms with Crippen LogP contribution in [0, 0.1) is 0 Å². The van der Waals surface area contributed by atoms with Crippen molar-refractivity contribution in [3.8, 4) is 0 Å². The van der Waals surface area contributed by atoms with E-state index in [1.807, 2.05) is 6.20 Å². The second-order valence-electron chi connectivity index (χ2n) is 4.55. The Kier molecular flexibility index (Phi) is 4.56. The van der Waals surface area contributed by atoms with Gasteiger partial charge in [-0.25, -0.2) is 9.36 Å². The minimum atomic E-state index is -0.0506. The summed E-state index contributed by atoms with van der Waals surface area (Å²) in [6, 6.07) is -0.0506. The highest BCUT2D eigenvalue weighted by molar-refractivity contribution is 5.00. The lowest BCUT2D eigenvalue weighted by molar-refractivity contribution is 0.526. The predicted octanol–water partition coefficient (Wildman–Crippen LogP) is 0.523. The Hall–Kier alpha value is -1.83. The van der Waals surface area contributed by atoms with Crippen LogP contribution in [0.2, 0.25) is 0 Å². The van der Waals surface area contributed by atoms with E-state index in [9.17, 15) is 0 Å². The van der Waals surface area contributed by atoms with Gasteiger partial charge in [-0.3, -0.25) is 0 Å². The van der Waals surface area contributed by atoms with E-state index >= 15 is 0 Å². The van der Waals surface area contributed by atoms with Crippen LogP contribution in [0.3, 0.4) is 0 Å². The highest BCUT2D eigenvalue weighted by Crippen LogP contribution is 2.12. The van der Waals surface area contributed by atoms with Gasteiger partial charge in [-0.15, -0.1) is 10.2 Å². The fourth-order valence-electron chi connectivity index (χ4n) is 1.89. The number of aromatic nitrogens is 7. The Labute approximate surface area is 112 Å². The molecule has 0 aliphatic rings. The van der Waals surface area contributed by atoms with Crippen molar-refractivity contribution in [2.45, 2.75) is 52.2 Å². The zero-order valence-corrected chi connectivity index (χ0v) is 11.4. The molecule has 0 saturated carbocycles. The van der Waals surface area contributed by atoms with E-state index in [0.717, 1.165) is 37.3 Å². The highest BCUT2D eigenvalue weighted by atomic mass is 15.6. The Morgan fingerprint density at radius 3 is 2.79 bits per heavy atom. The smallest absolute Gasteiger partial charge is 0.172 e. The van der Waals surface area contributed by atoms with E-state index in [-0.39, 0.29) is 6.04 Å². The van der Waals surface area contributed by atoms with Gasteiger partial charge in [0.25, 0.3) is 0 Å². The Morgan fingerprint density at radius 1 is 1.21 bits per heavy atom. The topological polar surface area (TPSA) is 100 Å². The first-order chi connectivity index (χ1) is 9.24. The number of aryl methyl sites for hydroxylation is 1. The third-order valence-electron chi connectivity index (χ3n) is 2.88. The monoisotopic (exact) mass is 264 g/mol. The summed E-state index contributed by atoms with van der Waals surface area (Å²) in [7, 11) is 0. The van der Waals surface area contributed by atoms with Gasteiger partial charge in [0.2, 0.25) is 0 Å². The van der Waals surface area contributed by atoms with Crippen molar-refractivity contribution in [3.63, 3.8) is 0 Å². The van der Waals surface area contributed by atoms with E-state index in [1.165, 1.54) is 0 Å². The van der Waals surface area contributed by atoms with Crippen molar-refractivity contribution in [3.05, 3.63) is 17.7 Å². The van der Waals surface area contributed by atoms with Crippen molar-refractivity contribution in [1.29, 1.82) is 0 Å². The molecule has 0 spiro atoms. The van der Waals surface area contributed by atoms with Gasteiger partial charge in [-0.1, -0.05) is 25.5 Å². The van der Waals surface area contributed by atoms with E-state index in [0.29, 0.717) is 6.54 Å². The predicted molar refractivity (Wildman–Crippen MR) is 69.1 cm³/mol. The van der Waals surface area contributed by atoms with Gasteiger partial charge < -0.3 is 5.73 Å². The fraction of sp³-hybridized carbons (Fsp3) is 0.727. The van der Waals surface area contributed by atoms with Gasteiger partial charge in [0.15, 0.2) is 5.82 Å². The van der Waals surface area contributed by atoms with Crippen LogP contribution in [0.4, 0.5) is 0 Å². The first-order valence-corrected chi connectivity index (χ1v) is 6.65. The summed E-state index contributed by atoms with van der Waals surface area (Å²) in [5, 5.41) is 19.8. The summed E-state index contributed by atoms with van der Waals surface area (Å²) >= 11 is 0. The molecule has 0 fully saturated rings. The summed E-state index contributed by atoms with van der Waals surface area (Å²) in [6.07, 6.45) is 4.79. The fourth-order valence-corrected chi connectivity index (χ4v) is 1.89. The van der Waals surface area contributed by atoms with Crippen molar-refractivity contribution < 1.29 is 0 Å². The average molecular weight is 264 g/mol. The van der Waals surface area contributed by atoms with Crippen molar-refractivity contribution in [2.24, 2.45) is 5.73 Å². The van der Waals surface area contributed by atoms with Gasteiger partial charge in [0, 0.05) is 6.54 Å². The molecule has 0 amide bonds. The lowest BCUT2D eigenvalue weighted by Gasteiger charge is -2.04. The van der Waals surface area contributed by atoms with Crippen LogP contribution in [0.25, 0.3) is 0 Å². The summed E-state index contributed by atoms with van der Waals surface area (Å²) < 4.78 is 3.51. The molecular formula is C11H20N8.